The third-order valence-corrected chi connectivity index (χ3v) is 2.57. The fourth-order valence-electron chi connectivity index (χ4n) is 1.80. The number of benzene rings is 1. The molecule has 0 aliphatic carbocycles. The summed E-state index contributed by atoms with van der Waals surface area (Å²) in [5.41, 5.74) is 2.55. The molecule has 4 heteroatoms. The Bertz CT molecular complexity index is 400. The van der Waals surface area contributed by atoms with Gasteiger partial charge >= 0.3 is 0 Å². The van der Waals surface area contributed by atoms with E-state index in [0.29, 0.717) is 11.1 Å². The van der Waals surface area contributed by atoms with Crippen LogP contribution >= 0.6 is 0 Å². The number of aryl methyl sites for hydroxylation is 2. The molecular formula is C12H15NO3. The number of hydrogen-bond acceptors (Lipinski definition) is 4. The minimum Gasteiger partial charge on any atom is -0.394 e. The van der Waals surface area contributed by atoms with E-state index in [1.807, 2.05) is 6.07 Å². The van der Waals surface area contributed by atoms with Crippen LogP contribution in [-0.2, 0) is 0 Å². The van der Waals surface area contributed by atoms with Crippen LogP contribution in [0.4, 0.5) is 0 Å². The number of aliphatic hydroxyl groups excluding tert-OH is 3. The van der Waals surface area contributed by atoms with Crippen molar-refractivity contribution in [3.63, 3.8) is 0 Å². The largest absolute Gasteiger partial charge is 0.394 e. The fraction of sp³-hybridized carbons (Fsp3) is 0.417. The Morgan fingerprint density at radius 2 is 1.75 bits per heavy atom. The van der Waals surface area contributed by atoms with Gasteiger partial charge in [0.1, 0.15) is 12.2 Å². The van der Waals surface area contributed by atoms with Crippen molar-refractivity contribution in [2.24, 2.45) is 0 Å². The van der Waals surface area contributed by atoms with Gasteiger partial charge in [-0.05, 0) is 42.7 Å². The van der Waals surface area contributed by atoms with Crippen molar-refractivity contribution in [3.8, 4) is 6.07 Å². The first-order chi connectivity index (χ1) is 7.51. The van der Waals surface area contributed by atoms with Crippen molar-refractivity contribution in [2.45, 2.75) is 26.1 Å². The third-order valence-electron chi connectivity index (χ3n) is 2.57. The molecule has 0 saturated carbocycles. The summed E-state index contributed by atoms with van der Waals surface area (Å²) in [6, 6.07) is 5.32. The summed E-state index contributed by atoms with van der Waals surface area (Å²) in [5.74, 6) is 0. The van der Waals surface area contributed by atoms with Gasteiger partial charge in [-0.1, -0.05) is 0 Å². The summed E-state index contributed by atoms with van der Waals surface area (Å²) in [4.78, 5) is 0. The van der Waals surface area contributed by atoms with Crippen LogP contribution in [0.15, 0.2) is 12.1 Å². The minimum atomic E-state index is -1.20. The molecule has 0 fully saturated rings. The smallest absolute Gasteiger partial charge is 0.108 e. The Morgan fingerprint density at radius 1 is 1.25 bits per heavy atom. The Labute approximate surface area is 94.4 Å². The quantitative estimate of drug-likeness (QED) is 0.696. The molecule has 0 radical (unpaired) electrons. The lowest BCUT2D eigenvalue weighted by Gasteiger charge is -2.20. The maximum Gasteiger partial charge on any atom is 0.108 e. The van der Waals surface area contributed by atoms with Crippen LogP contribution in [0.3, 0.4) is 0 Å². The van der Waals surface area contributed by atoms with E-state index < -0.39 is 18.8 Å². The highest BCUT2D eigenvalue weighted by molar-refractivity contribution is 5.44. The monoisotopic (exact) mass is 221 g/mol. The van der Waals surface area contributed by atoms with E-state index in [2.05, 4.69) is 0 Å². The SMILES string of the molecule is Cc1cc(C#N)cc(C)c1C(O)C(O)CO. The molecule has 0 heterocycles. The van der Waals surface area contributed by atoms with Gasteiger partial charge in [-0.25, -0.2) is 0 Å². The molecular weight excluding hydrogens is 206 g/mol. The number of nitrogens with zero attached hydrogens (tertiary/aromatic N) is 1. The molecule has 16 heavy (non-hydrogen) atoms. The molecule has 4 nitrogen and oxygen atoms in total. The van der Waals surface area contributed by atoms with Crippen LogP contribution in [0, 0.1) is 25.2 Å². The Balaban J connectivity index is 3.20. The lowest BCUT2D eigenvalue weighted by atomic mass is 9.93. The second kappa shape index (κ2) is 5.08. The van der Waals surface area contributed by atoms with Gasteiger partial charge in [-0.2, -0.15) is 5.26 Å². The van der Waals surface area contributed by atoms with Gasteiger partial charge in [0.2, 0.25) is 0 Å². The summed E-state index contributed by atoms with van der Waals surface area (Å²) in [7, 11) is 0. The van der Waals surface area contributed by atoms with Crippen molar-refractivity contribution in [1.82, 2.24) is 0 Å². The Kier molecular flexibility index (Phi) is 4.02. The molecule has 1 aromatic carbocycles. The summed E-state index contributed by atoms with van der Waals surface area (Å²) < 4.78 is 0. The maximum absolute atomic E-state index is 9.82. The third kappa shape index (κ3) is 2.39. The van der Waals surface area contributed by atoms with Gasteiger partial charge < -0.3 is 15.3 Å². The van der Waals surface area contributed by atoms with Crippen molar-refractivity contribution in [1.29, 1.82) is 5.26 Å². The summed E-state index contributed by atoms with van der Waals surface area (Å²) >= 11 is 0. The molecule has 3 N–H and O–H groups in total. The van der Waals surface area contributed by atoms with Gasteiger partial charge in [0.15, 0.2) is 0 Å². The normalized spacial score (nSPS) is 14.2. The second-order valence-corrected chi connectivity index (χ2v) is 3.83. The first-order valence-corrected chi connectivity index (χ1v) is 4.99. The van der Waals surface area contributed by atoms with Crippen molar-refractivity contribution >= 4 is 0 Å². The van der Waals surface area contributed by atoms with Crippen molar-refractivity contribution in [2.75, 3.05) is 6.61 Å². The highest BCUT2D eigenvalue weighted by Crippen LogP contribution is 2.25. The molecule has 86 valence electrons. The first-order valence-electron chi connectivity index (χ1n) is 4.99. The summed E-state index contributed by atoms with van der Waals surface area (Å²) in [6.45, 7) is 3.02. The van der Waals surface area contributed by atoms with E-state index in [-0.39, 0.29) is 0 Å². The molecule has 0 aromatic heterocycles. The first kappa shape index (κ1) is 12.7. The Hall–Kier alpha value is -1.41. The molecule has 0 aliphatic heterocycles. The van der Waals surface area contributed by atoms with Gasteiger partial charge in [0.05, 0.1) is 18.2 Å². The zero-order chi connectivity index (χ0) is 12.3. The van der Waals surface area contributed by atoms with Gasteiger partial charge in [-0.3, -0.25) is 0 Å². The number of aliphatic hydroxyl groups is 3. The van der Waals surface area contributed by atoms with E-state index in [1.54, 1.807) is 26.0 Å². The molecule has 1 aromatic rings. The highest BCUT2D eigenvalue weighted by atomic mass is 16.4. The predicted molar refractivity (Wildman–Crippen MR) is 58.7 cm³/mol. The Morgan fingerprint density at radius 3 is 2.12 bits per heavy atom. The zero-order valence-corrected chi connectivity index (χ0v) is 9.31. The molecule has 1 rings (SSSR count). The van der Waals surface area contributed by atoms with E-state index in [4.69, 9.17) is 10.4 Å². The van der Waals surface area contributed by atoms with E-state index >= 15 is 0 Å². The number of hydrogen-bond donors (Lipinski definition) is 3. The average Bonchev–Trinajstić information content (AvgIpc) is 2.26. The van der Waals surface area contributed by atoms with Gasteiger partial charge in [0, 0.05) is 0 Å². The summed E-state index contributed by atoms with van der Waals surface area (Å²) in [5, 5.41) is 36.8. The van der Waals surface area contributed by atoms with Gasteiger partial charge in [-0.15, -0.1) is 0 Å². The molecule has 0 spiro atoms. The molecule has 0 aliphatic rings. The topological polar surface area (TPSA) is 84.5 Å². The fourth-order valence-corrected chi connectivity index (χ4v) is 1.80. The second-order valence-electron chi connectivity index (χ2n) is 3.83. The van der Waals surface area contributed by atoms with E-state index in [9.17, 15) is 10.2 Å². The molecule has 0 amide bonds. The van der Waals surface area contributed by atoms with Crippen molar-refractivity contribution in [3.05, 3.63) is 34.4 Å². The minimum absolute atomic E-state index is 0.500. The summed E-state index contributed by atoms with van der Waals surface area (Å²) in [6.07, 6.45) is -2.33. The van der Waals surface area contributed by atoms with Crippen molar-refractivity contribution < 1.29 is 15.3 Å². The number of nitriles is 1. The highest BCUT2D eigenvalue weighted by Gasteiger charge is 2.21. The van der Waals surface area contributed by atoms with Gasteiger partial charge in [0.25, 0.3) is 0 Å². The van der Waals surface area contributed by atoms with Crippen LogP contribution in [0.25, 0.3) is 0 Å². The maximum atomic E-state index is 9.82. The van der Waals surface area contributed by atoms with Crippen LogP contribution in [0.2, 0.25) is 0 Å². The lowest BCUT2D eigenvalue weighted by Crippen LogP contribution is -2.23. The molecule has 2 atom stereocenters. The predicted octanol–water partition coefficient (Wildman–Crippen LogP) is 0.562. The van der Waals surface area contributed by atoms with Crippen LogP contribution < -0.4 is 0 Å². The van der Waals surface area contributed by atoms with E-state index in [1.165, 1.54) is 0 Å². The molecule has 0 bridgehead atoms. The van der Waals surface area contributed by atoms with E-state index in [0.717, 1.165) is 11.1 Å². The van der Waals surface area contributed by atoms with Crippen LogP contribution in [-0.4, -0.2) is 28.0 Å². The number of rotatable bonds is 3. The zero-order valence-electron chi connectivity index (χ0n) is 9.31. The average molecular weight is 221 g/mol. The lowest BCUT2D eigenvalue weighted by molar-refractivity contribution is -0.0158. The van der Waals surface area contributed by atoms with Crippen LogP contribution in [0.5, 0.6) is 0 Å². The standard InChI is InChI=1S/C12H15NO3/c1-7-3-9(5-13)4-8(2)11(7)12(16)10(15)6-14/h3-4,10,12,14-16H,6H2,1-2H3. The molecule has 2 unspecified atom stereocenters. The van der Waals surface area contributed by atoms with Crippen LogP contribution in [0.1, 0.15) is 28.4 Å². The molecule has 0 saturated heterocycles.